The smallest absolute Gasteiger partial charge is 0.462 e. The Morgan fingerprint density at radius 1 is 0.281 bits per heavy atom. The molecular formula is C77H150O17P2. The molecule has 0 heterocycles. The van der Waals surface area contributed by atoms with E-state index in [0.717, 1.165) is 108 Å². The average Bonchev–Trinajstić information content (AvgIpc) is 1.13. The molecule has 0 spiro atoms. The highest BCUT2D eigenvalue weighted by Gasteiger charge is 2.30. The molecule has 3 N–H and O–H groups in total. The highest BCUT2D eigenvalue weighted by atomic mass is 31.2. The molecule has 0 aromatic carbocycles. The number of rotatable bonds is 75. The van der Waals surface area contributed by atoms with Crippen LogP contribution < -0.4 is 0 Å². The average molecular weight is 1410 g/mol. The maximum absolute atomic E-state index is 13.1. The molecule has 5 atom stereocenters. The third-order valence-electron chi connectivity index (χ3n) is 17.9. The van der Waals surface area contributed by atoms with E-state index in [1.165, 1.54) is 199 Å². The van der Waals surface area contributed by atoms with Crippen LogP contribution in [0.1, 0.15) is 395 Å². The van der Waals surface area contributed by atoms with Gasteiger partial charge in [-0.05, 0) is 43.4 Å². The molecule has 0 fully saturated rings. The van der Waals surface area contributed by atoms with Crippen LogP contribution in [0.15, 0.2) is 0 Å². The van der Waals surface area contributed by atoms with Crippen LogP contribution in [-0.2, 0) is 65.4 Å². The van der Waals surface area contributed by atoms with Crippen LogP contribution >= 0.6 is 15.6 Å². The van der Waals surface area contributed by atoms with Crippen LogP contribution in [0.3, 0.4) is 0 Å². The van der Waals surface area contributed by atoms with E-state index in [2.05, 4.69) is 48.5 Å². The van der Waals surface area contributed by atoms with E-state index in [1.807, 2.05) is 0 Å². The number of aliphatic hydroxyl groups is 1. The Labute approximate surface area is 588 Å². The van der Waals surface area contributed by atoms with Gasteiger partial charge in [-0.3, -0.25) is 37.3 Å². The molecule has 96 heavy (non-hydrogen) atoms. The van der Waals surface area contributed by atoms with Gasteiger partial charge in [-0.25, -0.2) is 9.13 Å². The quantitative estimate of drug-likeness (QED) is 0.0222. The molecule has 0 aromatic rings. The molecule has 0 aromatic heterocycles. The van der Waals surface area contributed by atoms with E-state index in [1.54, 1.807) is 0 Å². The summed E-state index contributed by atoms with van der Waals surface area (Å²) in [5.41, 5.74) is 0. The van der Waals surface area contributed by atoms with Crippen LogP contribution in [0.2, 0.25) is 0 Å². The van der Waals surface area contributed by atoms with Crippen molar-refractivity contribution >= 4 is 39.5 Å². The van der Waals surface area contributed by atoms with Gasteiger partial charge in [0.2, 0.25) is 0 Å². The summed E-state index contributed by atoms with van der Waals surface area (Å²) in [5, 5.41) is 10.6. The summed E-state index contributed by atoms with van der Waals surface area (Å²) in [5.74, 6) is 0.121. The molecule has 0 bridgehead atoms. The van der Waals surface area contributed by atoms with Crippen LogP contribution in [0.4, 0.5) is 0 Å². The number of carbonyl (C=O) groups is 4. The van der Waals surface area contributed by atoms with Crippen LogP contribution in [-0.4, -0.2) is 96.7 Å². The molecule has 0 aliphatic rings. The van der Waals surface area contributed by atoms with Crippen molar-refractivity contribution in [2.24, 2.45) is 17.8 Å². The summed E-state index contributed by atoms with van der Waals surface area (Å²) >= 11 is 0. The second kappa shape index (κ2) is 67.5. The number of carbonyl (C=O) groups excluding carboxylic acids is 4. The van der Waals surface area contributed by atoms with E-state index in [4.69, 9.17) is 37.0 Å². The SMILES string of the molecule is CCCCCCCCCCCCCCCCCCCC(=O)O[C@H](COC(=O)CCCCCCCCCCCCCCC(C)C)COP(=O)(O)OC[C@@H](O)COP(=O)(O)OC[C@@H](COC(=O)CCCCCCCCC(C)C)OC(=O)CCCCCCCCCCCCCCC(C)C. The Hall–Kier alpha value is -1.94. The molecule has 0 aliphatic heterocycles. The Balaban J connectivity index is 5.24. The van der Waals surface area contributed by atoms with Crippen molar-refractivity contribution in [2.45, 2.75) is 414 Å². The molecule has 570 valence electrons. The zero-order chi connectivity index (χ0) is 70.9. The van der Waals surface area contributed by atoms with Crippen molar-refractivity contribution in [3.05, 3.63) is 0 Å². The molecule has 17 nitrogen and oxygen atoms in total. The van der Waals surface area contributed by atoms with E-state index >= 15 is 0 Å². The Kier molecular flexibility index (Phi) is 66.2. The number of hydrogen-bond donors (Lipinski definition) is 3. The predicted octanol–water partition coefficient (Wildman–Crippen LogP) is 22.6. The highest BCUT2D eigenvalue weighted by molar-refractivity contribution is 7.47. The second-order valence-electron chi connectivity index (χ2n) is 29.2. The number of phosphoric acid groups is 2. The van der Waals surface area contributed by atoms with Crippen molar-refractivity contribution in [1.29, 1.82) is 0 Å². The highest BCUT2D eigenvalue weighted by Crippen LogP contribution is 2.45. The molecule has 0 amide bonds. The Bertz CT molecular complexity index is 1870. The van der Waals surface area contributed by atoms with E-state index in [-0.39, 0.29) is 25.7 Å². The van der Waals surface area contributed by atoms with Crippen molar-refractivity contribution in [2.75, 3.05) is 39.6 Å². The minimum Gasteiger partial charge on any atom is -0.462 e. The van der Waals surface area contributed by atoms with Gasteiger partial charge >= 0.3 is 39.5 Å². The largest absolute Gasteiger partial charge is 0.472 e. The number of esters is 4. The van der Waals surface area contributed by atoms with Gasteiger partial charge in [0.05, 0.1) is 26.4 Å². The summed E-state index contributed by atoms with van der Waals surface area (Å²) in [6.07, 6.45) is 54.2. The van der Waals surface area contributed by atoms with Crippen molar-refractivity contribution in [1.82, 2.24) is 0 Å². The first-order valence-corrected chi connectivity index (χ1v) is 42.8. The summed E-state index contributed by atoms with van der Waals surface area (Å²) in [7, 11) is -9.91. The zero-order valence-electron chi connectivity index (χ0n) is 62.8. The fraction of sp³-hybridized carbons (Fsp3) is 0.948. The molecular weight excluding hydrogens is 1260 g/mol. The lowest BCUT2D eigenvalue weighted by atomic mass is 10.0. The van der Waals surface area contributed by atoms with Crippen LogP contribution in [0.25, 0.3) is 0 Å². The van der Waals surface area contributed by atoms with Gasteiger partial charge < -0.3 is 33.8 Å². The topological polar surface area (TPSA) is 237 Å². The van der Waals surface area contributed by atoms with Crippen molar-refractivity contribution in [3.63, 3.8) is 0 Å². The molecule has 0 saturated carbocycles. The zero-order valence-corrected chi connectivity index (χ0v) is 64.6. The van der Waals surface area contributed by atoms with Crippen molar-refractivity contribution in [3.8, 4) is 0 Å². The Morgan fingerprint density at radius 3 is 0.708 bits per heavy atom. The normalized spacial score (nSPS) is 14.1. The first-order valence-electron chi connectivity index (χ1n) is 39.8. The minimum atomic E-state index is -4.96. The minimum absolute atomic E-state index is 0.106. The van der Waals surface area contributed by atoms with E-state index in [9.17, 15) is 43.2 Å². The number of aliphatic hydroxyl groups excluding tert-OH is 1. The van der Waals surface area contributed by atoms with Crippen molar-refractivity contribution < 1.29 is 80.2 Å². The van der Waals surface area contributed by atoms with Gasteiger partial charge in [-0.1, -0.05) is 344 Å². The standard InChI is InChI=1S/C77H150O17P2/c1-8-9-10-11-12-13-14-15-16-17-18-19-27-32-37-46-53-60-76(81)93-72(64-87-74(79)58-51-44-36-31-26-22-20-24-29-34-41-48-55-68(2)3)66-91-95(83,84)89-62-71(78)63-90-96(85,86)92-67-73(65-88-75(80)59-52-45-40-39-43-50-57-70(6)7)94-77(82)61-54-47-38-33-28-23-21-25-30-35-42-49-56-69(4)5/h68-73,78H,8-67H2,1-7H3,(H,83,84)(H,85,86)/t71-,72-,73-/m1/s1. The fourth-order valence-electron chi connectivity index (χ4n) is 11.8. The van der Waals surface area contributed by atoms with E-state index in [0.29, 0.717) is 31.6 Å². The van der Waals surface area contributed by atoms with E-state index < -0.39 is 97.5 Å². The maximum atomic E-state index is 13.1. The van der Waals surface area contributed by atoms with Gasteiger partial charge in [0.25, 0.3) is 0 Å². The van der Waals surface area contributed by atoms with Crippen LogP contribution in [0.5, 0.6) is 0 Å². The third kappa shape index (κ3) is 70.5. The number of phosphoric ester groups is 2. The molecule has 0 rings (SSSR count). The molecule has 0 saturated heterocycles. The number of ether oxygens (including phenoxy) is 4. The summed E-state index contributed by atoms with van der Waals surface area (Å²) in [6.45, 7) is 11.9. The first kappa shape index (κ1) is 94.1. The lowest BCUT2D eigenvalue weighted by Crippen LogP contribution is -2.30. The second-order valence-corrected chi connectivity index (χ2v) is 32.1. The first-order chi connectivity index (χ1) is 46.2. The van der Waals surface area contributed by atoms with Gasteiger partial charge in [-0.2, -0.15) is 0 Å². The number of hydrogen-bond acceptors (Lipinski definition) is 15. The monoisotopic (exact) mass is 1410 g/mol. The molecule has 19 heteroatoms. The fourth-order valence-corrected chi connectivity index (χ4v) is 13.4. The lowest BCUT2D eigenvalue weighted by Gasteiger charge is -2.21. The summed E-state index contributed by atoms with van der Waals surface area (Å²) in [4.78, 5) is 72.8. The van der Waals surface area contributed by atoms with Gasteiger partial charge in [0.1, 0.15) is 19.3 Å². The summed E-state index contributed by atoms with van der Waals surface area (Å²) < 4.78 is 68.6. The maximum Gasteiger partial charge on any atom is 0.472 e. The summed E-state index contributed by atoms with van der Waals surface area (Å²) in [6, 6.07) is 0. The molecule has 0 radical (unpaired) electrons. The van der Waals surface area contributed by atoms with Gasteiger partial charge in [0, 0.05) is 25.7 Å². The lowest BCUT2D eigenvalue weighted by molar-refractivity contribution is -0.161. The number of unbranched alkanes of at least 4 members (excludes halogenated alkanes) is 43. The van der Waals surface area contributed by atoms with Crippen LogP contribution in [0, 0.1) is 17.8 Å². The molecule has 0 aliphatic carbocycles. The third-order valence-corrected chi connectivity index (χ3v) is 19.8. The Morgan fingerprint density at radius 2 is 0.479 bits per heavy atom. The van der Waals surface area contributed by atoms with Gasteiger partial charge in [-0.15, -0.1) is 0 Å². The molecule has 2 unspecified atom stereocenters. The predicted molar refractivity (Wildman–Crippen MR) is 391 cm³/mol. The van der Waals surface area contributed by atoms with Gasteiger partial charge in [0.15, 0.2) is 12.2 Å².